The van der Waals surface area contributed by atoms with E-state index in [4.69, 9.17) is 9.47 Å². The summed E-state index contributed by atoms with van der Waals surface area (Å²) in [5.74, 6) is 0.0877. The minimum Gasteiger partial charge on any atom is -0.493 e. The number of nitrogens with one attached hydrogen (secondary N) is 2. The number of aryl methyl sites for hydroxylation is 1. The first-order valence-corrected chi connectivity index (χ1v) is 12.4. The first-order chi connectivity index (χ1) is 18.2. The highest BCUT2D eigenvalue weighted by atomic mass is 16.5. The van der Waals surface area contributed by atoms with Gasteiger partial charge in [-0.2, -0.15) is 5.10 Å². The summed E-state index contributed by atoms with van der Waals surface area (Å²) >= 11 is 0. The van der Waals surface area contributed by atoms with Crippen molar-refractivity contribution in [3.05, 3.63) is 76.6 Å². The SMILES string of the molecule is CCOc1cc(CNC(=O)c2cc3n(n2)C[C@@](C)(C(=O)NCc2ccc(C)cc2)N(C)C3=O)ccc1OC. The second-order valence-corrected chi connectivity index (χ2v) is 9.48. The summed E-state index contributed by atoms with van der Waals surface area (Å²) in [5, 5.41) is 10.1. The topological polar surface area (TPSA) is 115 Å². The Bertz CT molecular complexity index is 1350. The van der Waals surface area contributed by atoms with Crippen LogP contribution in [0.1, 0.15) is 51.5 Å². The van der Waals surface area contributed by atoms with E-state index < -0.39 is 11.4 Å². The summed E-state index contributed by atoms with van der Waals surface area (Å²) in [4.78, 5) is 40.6. The van der Waals surface area contributed by atoms with Crippen LogP contribution in [0.4, 0.5) is 0 Å². The molecular formula is C28H33N5O5. The lowest BCUT2D eigenvalue weighted by Crippen LogP contribution is -2.62. The molecule has 0 fully saturated rings. The molecule has 0 saturated heterocycles. The number of aromatic nitrogens is 2. The monoisotopic (exact) mass is 519 g/mol. The van der Waals surface area contributed by atoms with E-state index in [0.717, 1.165) is 16.7 Å². The van der Waals surface area contributed by atoms with E-state index in [1.54, 1.807) is 33.2 Å². The molecule has 3 aromatic rings. The van der Waals surface area contributed by atoms with Gasteiger partial charge in [-0.05, 0) is 44.0 Å². The molecule has 0 aliphatic carbocycles. The molecule has 38 heavy (non-hydrogen) atoms. The predicted octanol–water partition coefficient (Wildman–Crippen LogP) is 2.69. The number of nitrogens with zero attached hydrogens (tertiary/aromatic N) is 3. The maximum absolute atomic E-state index is 13.2. The molecule has 0 unspecified atom stereocenters. The molecule has 3 amide bonds. The lowest BCUT2D eigenvalue weighted by molar-refractivity contribution is -0.132. The van der Waals surface area contributed by atoms with Crippen LogP contribution in [0, 0.1) is 6.92 Å². The molecule has 1 aliphatic rings. The van der Waals surface area contributed by atoms with E-state index in [2.05, 4.69) is 15.7 Å². The molecule has 10 heteroatoms. The van der Waals surface area contributed by atoms with E-state index in [9.17, 15) is 14.4 Å². The molecule has 2 heterocycles. The van der Waals surface area contributed by atoms with Gasteiger partial charge in [0.15, 0.2) is 17.2 Å². The molecule has 4 rings (SSSR count). The average molecular weight is 520 g/mol. The van der Waals surface area contributed by atoms with Crippen molar-refractivity contribution < 1.29 is 23.9 Å². The number of fused-ring (bicyclic) bond motifs is 1. The van der Waals surface area contributed by atoms with Crippen LogP contribution in [-0.4, -0.2) is 58.7 Å². The Labute approximate surface area is 221 Å². The molecule has 0 spiro atoms. The van der Waals surface area contributed by atoms with Crippen molar-refractivity contribution in [1.82, 2.24) is 25.3 Å². The molecule has 1 aromatic heterocycles. The smallest absolute Gasteiger partial charge is 0.272 e. The quantitative estimate of drug-likeness (QED) is 0.449. The Morgan fingerprint density at radius 3 is 2.39 bits per heavy atom. The van der Waals surface area contributed by atoms with Crippen molar-refractivity contribution in [2.45, 2.75) is 45.9 Å². The van der Waals surface area contributed by atoms with E-state index >= 15 is 0 Å². The number of carbonyl (C=O) groups excluding carboxylic acids is 3. The van der Waals surface area contributed by atoms with E-state index in [1.165, 1.54) is 15.6 Å². The Kier molecular flexibility index (Phi) is 7.70. The Hall–Kier alpha value is -4.34. The number of amides is 3. The van der Waals surface area contributed by atoms with Gasteiger partial charge in [-0.25, -0.2) is 0 Å². The van der Waals surface area contributed by atoms with Gasteiger partial charge in [-0.1, -0.05) is 35.9 Å². The standard InChI is InChI=1S/C28H33N5O5/c1-6-38-24-13-20(11-12-23(24)37-5)16-29-25(34)21-14-22-26(35)32(4)28(3,17-33(22)31-21)27(36)30-15-19-9-7-18(2)8-10-19/h7-14H,6,15-17H2,1-5H3,(H,29,34)(H,30,36)/t28-/m0/s1. The minimum absolute atomic E-state index is 0.101. The number of hydrogen-bond donors (Lipinski definition) is 2. The lowest BCUT2D eigenvalue weighted by Gasteiger charge is -2.40. The minimum atomic E-state index is -1.17. The number of hydrogen-bond acceptors (Lipinski definition) is 6. The van der Waals surface area contributed by atoms with Crippen molar-refractivity contribution in [3.8, 4) is 11.5 Å². The number of ether oxygens (including phenoxy) is 2. The highest BCUT2D eigenvalue weighted by Crippen LogP contribution is 2.28. The van der Waals surface area contributed by atoms with E-state index in [0.29, 0.717) is 24.7 Å². The molecule has 0 saturated carbocycles. The molecule has 2 N–H and O–H groups in total. The van der Waals surface area contributed by atoms with Crippen molar-refractivity contribution in [3.63, 3.8) is 0 Å². The second-order valence-electron chi connectivity index (χ2n) is 9.48. The molecule has 200 valence electrons. The number of likely N-dealkylation sites (N-methyl/N-ethyl adjacent to an activating group) is 1. The summed E-state index contributed by atoms with van der Waals surface area (Å²) in [6.07, 6.45) is 0. The van der Waals surface area contributed by atoms with E-state index in [1.807, 2.05) is 44.2 Å². The second kappa shape index (κ2) is 11.0. The Morgan fingerprint density at radius 1 is 1.03 bits per heavy atom. The van der Waals surface area contributed by atoms with Gasteiger partial charge in [0.2, 0.25) is 5.91 Å². The Morgan fingerprint density at radius 2 is 1.71 bits per heavy atom. The van der Waals surface area contributed by atoms with Crippen LogP contribution in [0.15, 0.2) is 48.5 Å². The van der Waals surface area contributed by atoms with Crippen LogP contribution in [-0.2, 0) is 24.4 Å². The maximum atomic E-state index is 13.2. The third-order valence-electron chi connectivity index (χ3n) is 6.78. The summed E-state index contributed by atoms with van der Waals surface area (Å²) in [7, 11) is 3.15. The predicted molar refractivity (Wildman–Crippen MR) is 141 cm³/mol. The van der Waals surface area contributed by atoms with Gasteiger partial charge in [0.1, 0.15) is 11.2 Å². The fraction of sp³-hybridized carbons (Fsp3) is 0.357. The molecule has 0 bridgehead atoms. The first kappa shape index (κ1) is 26.7. The van der Waals surface area contributed by atoms with Gasteiger partial charge in [0, 0.05) is 26.2 Å². The summed E-state index contributed by atoms with van der Waals surface area (Å²) in [6.45, 7) is 6.75. The van der Waals surface area contributed by atoms with Crippen LogP contribution in [0.3, 0.4) is 0 Å². The van der Waals surface area contributed by atoms with Crippen molar-refractivity contribution >= 4 is 17.7 Å². The van der Waals surface area contributed by atoms with Crippen LogP contribution >= 0.6 is 0 Å². The van der Waals surface area contributed by atoms with Gasteiger partial charge in [-0.15, -0.1) is 0 Å². The van der Waals surface area contributed by atoms with Gasteiger partial charge in [0.05, 0.1) is 20.3 Å². The lowest BCUT2D eigenvalue weighted by atomic mass is 9.95. The Balaban J connectivity index is 1.45. The van der Waals surface area contributed by atoms with Gasteiger partial charge < -0.3 is 25.0 Å². The summed E-state index contributed by atoms with van der Waals surface area (Å²) < 4.78 is 12.3. The highest BCUT2D eigenvalue weighted by Gasteiger charge is 2.46. The van der Waals surface area contributed by atoms with Crippen LogP contribution < -0.4 is 20.1 Å². The molecule has 1 aliphatic heterocycles. The number of methoxy groups -OCH3 is 1. The maximum Gasteiger partial charge on any atom is 0.272 e. The molecule has 10 nitrogen and oxygen atoms in total. The zero-order chi connectivity index (χ0) is 27.4. The number of benzene rings is 2. The van der Waals surface area contributed by atoms with Crippen LogP contribution in [0.2, 0.25) is 0 Å². The third-order valence-corrected chi connectivity index (χ3v) is 6.78. The zero-order valence-corrected chi connectivity index (χ0v) is 22.3. The van der Waals surface area contributed by atoms with E-state index in [-0.39, 0.29) is 36.3 Å². The van der Waals surface area contributed by atoms with Crippen LogP contribution in [0.25, 0.3) is 0 Å². The van der Waals surface area contributed by atoms with Crippen molar-refractivity contribution in [1.29, 1.82) is 0 Å². The molecule has 1 atom stereocenters. The third kappa shape index (κ3) is 5.34. The molecule has 2 aromatic carbocycles. The first-order valence-electron chi connectivity index (χ1n) is 12.4. The molecule has 0 radical (unpaired) electrons. The fourth-order valence-corrected chi connectivity index (χ4v) is 4.29. The zero-order valence-electron chi connectivity index (χ0n) is 22.3. The summed E-state index contributed by atoms with van der Waals surface area (Å²) in [6, 6.07) is 14.7. The number of carbonyl (C=O) groups is 3. The average Bonchev–Trinajstić information content (AvgIpc) is 3.34. The highest BCUT2D eigenvalue weighted by molar-refractivity contribution is 6.01. The normalized spacial score (nSPS) is 16.6. The van der Waals surface area contributed by atoms with Crippen molar-refractivity contribution in [2.24, 2.45) is 0 Å². The summed E-state index contributed by atoms with van der Waals surface area (Å²) in [5.41, 5.74) is 2.10. The van der Waals surface area contributed by atoms with Gasteiger partial charge >= 0.3 is 0 Å². The fourth-order valence-electron chi connectivity index (χ4n) is 4.29. The van der Waals surface area contributed by atoms with Crippen LogP contribution in [0.5, 0.6) is 11.5 Å². The van der Waals surface area contributed by atoms with Gasteiger partial charge in [-0.3, -0.25) is 19.1 Å². The van der Waals surface area contributed by atoms with Crippen molar-refractivity contribution in [2.75, 3.05) is 20.8 Å². The largest absolute Gasteiger partial charge is 0.493 e. The number of rotatable bonds is 9. The molecular weight excluding hydrogens is 486 g/mol. The van der Waals surface area contributed by atoms with Gasteiger partial charge in [0.25, 0.3) is 11.8 Å².